The number of carbonyl (C=O) groups is 3. The van der Waals surface area contributed by atoms with Crippen LogP contribution < -0.4 is 5.73 Å². The summed E-state index contributed by atoms with van der Waals surface area (Å²) >= 11 is 0. The number of hydrogen-bond acceptors (Lipinski definition) is 4. The minimum absolute atomic E-state index is 0.242. The summed E-state index contributed by atoms with van der Waals surface area (Å²) in [7, 11) is 0. The molecular formula is C16H31N3O3. The molecule has 0 atom stereocenters. The predicted molar refractivity (Wildman–Crippen MR) is 88.9 cm³/mol. The molecule has 0 aliphatic carbocycles. The van der Waals surface area contributed by atoms with E-state index in [-0.39, 0.29) is 5.84 Å². The number of likely N-dealkylation sites (tertiary alicyclic amines) is 1. The first-order valence-corrected chi connectivity index (χ1v) is 7.95. The molecule has 1 rings (SSSR count). The number of unbranched alkanes of at least 4 members (excludes halogenated alkanes) is 3. The first kappa shape index (κ1) is 22.6. The van der Waals surface area contributed by atoms with E-state index in [0.717, 1.165) is 51.5 Å². The van der Waals surface area contributed by atoms with Crippen molar-refractivity contribution >= 4 is 24.8 Å². The van der Waals surface area contributed by atoms with Crippen LogP contribution in [-0.2, 0) is 14.4 Å². The number of nitrogens with zero attached hydrogens (tertiary/aromatic N) is 1. The molecule has 0 radical (unpaired) electrons. The van der Waals surface area contributed by atoms with E-state index in [2.05, 4.69) is 0 Å². The highest BCUT2D eigenvalue weighted by Crippen LogP contribution is 2.09. The molecule has 0 unspecified atom stereocenters. The summed E-state index contributed by atoms with van der Waals surface area (Å²) < 4.78 is 0. The van der Waals surface area contributed by atoms with Gasteiger partial charge in [0, 0.05) is 32.4 Å². The Morgan fingerprint density at radius 2 is 1.77 bits per heavy atom. The van der Waals surface area contributed by atoms with Gasteiger partial charge in [0.15, 0.2) is 0 Å². The maximum absolute atomic E-state index is 11.2. The van der Waals surface area contributed by atoms with Gasteiger partial charge in [-0.2, -0.15) is 0 Å². The highest BCUT2D eigenvalue weighted by Gasteiger charge is 2.15. The van der Waals surface area contributed by atoms with Gasteiger partial charge in [-0.1, -0.05) is 13.3 Å². The molecule has 22 heavy (non-hydrogen) atoms. The zero-order valence-corrected chi connectivity index (χ0v) is 13.8. The first-order valence-electron chi connectivity index (χ1n) is 7.95. The number of amidine groups is 1. The number of rotatable bonds is 8. The molecule has 128 valence electrons. The van der Waals surface area contributed by atoms with Gasteiger partial charge in [0.05, 0.1) is 5.84 Å². The van der Waals surface area contributed by atoms with Gasteiger partial charge in [-0.05, 0) is 32.1 Å². The van der Waals surface area contributed by atoms with E-state index in [1.807, 2.05) is 18.6 Å². The second-order valence-electron chi connectivity index (χ2n) is 5.13. The van der Waals surface area contributed by atoms with E-state index >= 15 is 0 Å². The predicted octanol–water partition coefficient (Wildman–Crippen LogP) is 2.30. The summed E-state index contributed by atoms with van der Waals surface area (Å²) in [6, 6.07) is 0. The molecule has 1 saturated heterocycles. The number of aldehydes is 1. The maximum Gasteiger partial charge on any atom is 0.222 e. The van der Waals surface area contributed by atoms with E-state index in [1.165, 1.54) is 12.8 Å². The average molecular weight is 313 g/mol. The Bertz CT molecular complexity index is 303. The van der Waals surface area contributed by atoms with Gasteiger partial charge in [0.25, 0.3) is 0 Å². The fourth-order valence-corrected chi connectivity index (χ4v) is 2.06. The van der Waals surface area contributed by atoms with Crippen LogP contribution in [0.2, 0.25) is 0 Å². The lowest BCUT2D eigenvalue weighted by Crippen LogP contribution is -2.26. The Labute approximate surface area is 133 Å². The van der Waals surface area contributed by atoms with E-state index in [1.54, 1.807) is 0 Å². The van der Waals surface area contributed by atoms with Crippen molar-refractivity contribution < 1.29 is 14.4 Å². The van der Waals surface area contributed by atoms with Crippen LogP contribution in [0.15, 0.2) is 0 Å². The van der Waals surface area contributed by atoms with Crippen molar-refractivity contribution in [2.75, 3.05) is 13.1 Å². The standard InChI is InChI=1S/C8H15NO.C7H14N2O.CH2O/c1-2-5-8(10)9-6-3-4-7-9;8-7(9)5-3-1-2-4-6-10;1-2/h2-7H2,1H3;6H,1-5H2,(H3,8,9);1H2. The Kier molecular flexibility index (Phi) is 17.8. The zero-order chi connectivity index (χ0) is 17.2. The van der Waals surface area contributed by atoms with Crippen LogP contribution in [0.3, 0.4) is 0 Å². The van der Waals surface area contributed by atoms with Gasteiger partial charge in [-0.3, -0.25) is 10.2 Å². The molecule has 0 aromatic rings. The summed E-state index contributed by atoms with van der Waals surface area (Å²) in [6.45, 7) is 6.05. The van der Waals surface area contributed by atoms with Gasteiger partial charge in [0.2, 0.25) is 5.91 Å². The quantitative estimate of drug-likeness (QED) is 0.310. The van der Waals surface area contributed by atoms with Crippen LogP contribution in [0, 0.1) is 5.41 Å². The lowest BCUT2D eigenvalue weighted by molar-refractivity contribution is -0.130. The topological polar surface area (TPSA) is 104 Å². The van der Waals surface area contributed by atoms with Crippen molar-refractivity contribution in [3.8, 4) is 0 Å². The number of nitrogens with two attached hydrogens (primary N) is 1. The molecule has 0 aromatic heterocycles. The smallest absolute Gasteiger partial charge is 0.222 e. The minimum atomic E-state index is 0.242. The molecule has 0 bridgehead atoms. The van der Waals surface area contributed by atoms with Crippen molar-refractivity contribution in [2.24, 2.45) is 5.73 Å². The molecule has 0 spiro atoms. The van der Waals surface area contributed by atoms with Gasteiger partial charge in [-0.15, -0.1) is 0 Å². The highest BCUT2D eigenvalue weighted by atomic mass is 16.2. The number of hydrogen-bond donors (Lipinski definition) is 2. The molecule has 0 aromatic carbocycles. The number of nitrogens with one attached hydrogen (secondary N) is 1. The van der Waals surface area contributed by atoms with E-state index < -0.39 is 0 Å². The maximum atomic E-state index is 11.2. The second kappa shape index (κ2) is 17.3. The molecule has 6 heteroatoms. The fourth-order valence-electron chi connectivity index (χ4n) is 2.06. The Hall–Kier alpha value is -1.72. The van der Waals surface area contributed by atoms with Gasteiger partial charge in [-0.25, -0.2) is 0 Å². The SMILES string of the molecule is C=O.CCCC(=O)N1CCCC1.N=C(N)CCCCCC=O. The van der Waals surface area contributed by atoms with Crippen molar-refractivity contribution in [2.45, 2.75) is 64.7 Å². The highest BCUT2D eigenvalue weighted by molar-refractivity contribution is 5.76. The Balaban J connectivity index is 0. The summed E-state index contributed by atoms with van der Waals surface area (Å²) in [4.78, 5) is 31.0. The summed E-state index contributed by atoms with van der Waals surface area (Å²) in [6.07, 6.45) is 9.21. The average Bonchev–Trinajstić information content (AvgIpc) is 3.04. The third-order valence-corrected chi connectivity index (χ3v) is 3.19. The van der Waals surface area contributed by atoms with E-state index in [9.17, 15) is 9.59 Å². The second-order valence-corrected chi connectivity index (χ2v) is 5.13. The fraction of sp³-hybridized carbons (Fsp3) is 0.750. The molecular weight excluding hydrogens is 282 g/mol. The molecule has 0 saturated carbocycles. The van der Waals surface area contributed by atoms with Crippen LogP contribution in [0.1, 0.15) is 64.7 Å². The van der Waals surface area contributed by atoms with Gasteiger partial charge >= 0.3 is 0 Å². The van der Waals surface area contributed by atoms with Crippen molar-refractivity contribution in [3.63, 3.8) is 0 Å². The van der Waals surface area contributed by atoms with Crippen LogP contribution in [0.25, 0.3) is 0 Å². The van der Waals surface area contributed by atoms with Crippen LogP contribution >= 0.6 is 0 Å². The third-order valence-electron chi connectivity index (χ3n) is 3.19. The lowest BCUT2D eigenvalue weighted by Gasteiger charge is -2.13. The third kappa shape index (κ3) is 14.7. The van der Waals surface area contributed by atoms with Crippen LogP contribution in [0.5, 0.6) is 0 Å². The van der Waals surface area contributed by atoms with Crippen molar-refractivity contribution in [1.82, 2.24) is 4.90 Å². The summed E-state index contributed by atoms with van der Waals surface area (Å²) in [5, 5.41) is 6.88. The summed E-state index contributed by atoms with van der Waals surface area (Å²) in [5.41, 5.74) is 5.12. The molecule has 1 aliphatic heterocycles. The van der Waals surface area contributed by atoms with Gasteiger partial charge in [0.1, 0.15) is 13.1 Å². The number of carbonyl (C=O) groups excluding carboxylic acids is 3. The van der Waals surface area contributed by atoms with Crippen molar-refractivity contribution in [1.29, 1.82) is 5.41 Å². The lowest BCUT2D eigenvalue weighted by atomic mass is 10.1. The molecule has 1 aliphatic rings. The molecule has 1 heterocycles. The van der Waals surface area contributed by atoms with E-state index in [0.29, 0.717) is 18.7 Å². The largest absolute Gasteiger partial charge is 0.388 e. The Morgan fingerprint density at radius 3 is 2.23 bits per heavy atom. The molecule has 1 amide bonds. The molecule has 3 N–H and O–H groups in total. The normalized spacial score (nSPS) is 12.5. The van der Waals surface area contributed by atoms with E-state index in [4.69, 9.17) is 15.9 Å². The molecule has 6 nitrogen and oxygen atoms in total. The van der Waals surface area contributed by atoms with Crippen LogP contribution in [-0.4, -0.2) is 42.8 Å². The first-order chi connectivity index (χ1) is 10.6. The van der Waals surface area contributed by atoms with Crippen LogP contribution in [0.4, 0.5) is 0 Å². The van der Waals surface area contributed by atoms with Gasteiger partial charge < -0.3 is 20.2 Å². The summed E-state index contributed by atoms with van der Waals surface area (Å²) in [5.74, 6) is 0.589. The monoisotopic (exact) mass is 313 g/mol. The minimum Gasteiger partial charge on any atom is -0.388 e. The zero-order valence-electron chi connectivity index (χ0n) is 13.8. The Morgan fingerprint density at radius 1 is 1.18 bits per heavy atom. The van der Waals surface area contributed by atoms with Crippen molar-refractivity contribution in [3.05, 3.63) is 0 Å². The molecule has 1 fully saturated rings. The number of amides is 1.